The summed E-state index contributed by atoms with van der Waals surface area (Å²) in [5.74, 6) is 0.558. The number of methoxy groups -OCH3 is 1. The number of fused-ring (bicyclic) bond motifs is 2. The second-order valence-corrected chi connectivity index (χ2v) is 11.5. The first-order valence-electron chi connectivity index (χ1n) is 14.5. The van der Waals surface area contributed by atoms with Gasteiger partial charge in [-0.1, -0.05) is 53.8 Å². The Morgan fingerprint density at radius 1 is 1.07 bits per heavy atom. The molecule has 0 spiro atoms. The van der Waals surface area contributed by atoms with Gasteiger partial charge in [-0.25, -0.2) is 9.79 Å². The van der Waals surface area contributed by atoms with Crippen LogP contribution >= 0.6 is 11.3 Å². The number of rotatable bonds is 9. The number of hydrogen-bond acceptors (Lipinski definition) is 9. The zero-order valence-electron chi connectivity index (χ0n) is 25.3. The van der Waals surface area contributed by atoms with Gasteiger partial charge in [0.1, 0.15) is 24.1 Å². The Kier molecular flexibility index (Phi) is 8.49. The van der Waals surface area contributed by atoms with E-state index in [9.17, 15) is 19.7 Å². The number of benzene rings is 4. The van der Waals surface area contributed by atoms with Crippen LogP contribution in [0.2, 0.25) is 0 Å². The molecule has 0 saturated carbocycles. The number of esters is 1. The molecule has 11 heteroatoms. The van der Waals surface area contributed by atoms with Crippen LogP contribution in [0, 0.1) is 10.1 Å². The van der Waals surface area contributed by atoms with Crippen molar-refractivity contribution in [2.75, 3.05) is 13.7 Å². The van der Waals surface area contributed by atoms with E-state index < -0.39 is 16.9 Å². The standard InChI is InChI=1S/C35H29N3O7S/c1-4-44-34(40)30-21(2)36-35-37(32(30)31-27-11-6-5-9-24(27)14-17-28(31)43-3)33(39)29(46-35)19-23-8-7-10-26(18-23)45-20-22-12-15-25(16-13-22)38(41)42/h5-19,32H,4,20H2,1-3H3/b29-19+/t32-/m0/s1. The van der Waals surface area contributed by atoms with Crippen LogP contribution in [-0.4, -0.2) is 29.2 Å². The highest BCUT2D eigenvalue weighted by Gasteiger charge is 2.36. The smallest absolute Gasteiger partial charge is 0.338 e. The highest BCUT2D eigenvalue weighted by Crippen LogP contribution is 2.40. The number of nitro groups is 1. The van der Waals surface area contributed by atoms with Gasteiger partial charge in [-0.15, -0.1) is 0 Å². The zero-order chi connectivity index (χ0) is 32.4. The molecule has 6 rings (SSSR count). The summed E-state index contributed by atoms with van der Waals surface area (Å²) in [4.78, 5) is 43.3. The topological polar surface area (TPSA) is 122 Å². The van der Waals surface area contributed by atoms with Gasteiger partial charge >= 0.3 is 5.97 Å². The van der Waals surface area contributed by atoms with Gasteiger partial charge in [0, 0.05) is 17.7 Å². The summed E-state index contributed by atoms with van der Waals surface area (Å²) < 4.78 is 19.2. The van der Waals surface area contributed by atoms with Crippen molar-refractivity contribution < 1.29 is 23.9 Å². The monoisotopic (exact) mass is 635 g/mol. The second-order valence-electron chi connectivity index (χ2n) is 10.5. The summed E-state index contributed by atoms with van der Waals surface area (Å²) in [6.45, 7) is 3.87. The molecule has 0 fully saturated rings. The predicted molar refractivity (Wildman–Crippen MR) is 175 cm³/mol. The molecular weight excluding hydrogens is 606 g/mol. The van der Waals surface area contributed by atoms with E-state index in [0.29, 0.717) is 32.1 Å². The van der Waals surface area contributed by atoms with E-state index in [-0.39, 0.29) is 30.0 Å². The lowest BCUT2D eigenvalue weighted by atomic mass is 9.90. The number of carbonyl (C=O) groups excluding carboxylic acids is 1. The molecular formula is C35H29N3O7S. The fraction of sp³-hybridized carbons (Fsp3) is 0.171. The molecule has 0 aliphatic carbocycles. The van der Waals surface area contributed by atoms with Crippen molar-refractivity contribution in [3.63, 3.8) is 0 Å². The molecule has 0 saturated heterocycles. The van der Waals surface area contributed by atoms with Crippen molar-refractivity contribution in [3.05, 3.63) is 143 Å². The van der Waals surface area contributed by atoms with Crippen molar-refractivity contribution in [2.24, 2.45) is 4.99 Å². The minimum absolute atomic E-state index is 0.0120. The van der Waals surface area contributed by atoms with Gasteiger partial charge < -0.3 is 14.2 Å². The predicted octanol–water partition coefficient (Wildman–Crippen LogP) is 5.45. The van der Waals surface area contributed by atoms with Gasteiger partial charge in [-0.05, 0) is 72.2 Å². The van der Waals surface area contributed by atoms with E-state index in [0.717, 1.165) is 21.9 Å². The molecule has 1 aliphatic heterocycles. The van der Waals surface area contributed by atoms with E-state index in [1.54, 1.807) is 49.8 Å². The molecule has 2 heterocycles. The number of nitro benzene ring substituents is 1. The maximum Gasteiger partial charge on any atom is 0.338 e. The Hall–Kier alpha value is -5.55. The molecule has 1 atom stereocenters. The summed E-state index contributed by atoms with van der Waals surface area (Å²) in [6.07, 6.45) is 1.77. The Morgan fingerprint density at radius 3 is 2.59 bits per heavy atom. The lowest BCUT2D eigenvalue weighted by molar-refractivity contribution is -0.384. The van der Waals surface area contributed by atoms with Gasteiger partial charge in [0.25, 0.3) is 11.2 Å². The first-order valence-corrected chi connectivity index (χ1v) is 15.3. The Labute approximate surface area is 267 Å². The molecule has 0 radical (unpaired) electrons. The van der Waals surface area contributed by atoms with Crippen molar-refractivity contribution in [1.29, 1.82) is 0 Å². The molecule has 5 aromatic rings. The minimum Gasteiger partial charge on any atom is -0.496 e. The number of aromatic nitrogens is 1. The summed E-state index contributed by atoms with van der Waals surface area (Å²) >= 11 is 1.23. The minimum atomic E-state index is -0.838. The second kappa shape index (κ2) is 12.8. The fourth-order valence-electron chi connectivity index (χ4n) is 5.53. The van der Waals surface area contributed by atoms with Crippen LogP contribution in [0.5, 0.6) is 11.5 Å². The Morgan fingerprint density at radius 2 is 1.85 bits per heavy atom. The van der Waals surface area contributed by atoms with Crippen LogP contribution in [-0.2, 0) is 16.1 Å². The largest absolute Gasteiger partial charge is 0.496 e. The molecule has 4 aromatic carbocycles. The van der Waals surface area contributed by atoms with Crippen LogP contribution in [0.1, 0.15) is 36.6 Å². The number of nitrogens with zero attached hydrogens (tertiary/aromatic N) is 3. The molecule has 10 nitrogen and oxygen atoms in total. The normalized spacial score (nSPS) is 14.5. The molecule has 232 valence electrons. The van der Waals surface area contributed by atoms with Crippen molar-refractivity contribution in [3.8, 4) is 11.5 Å². The average molecular weight is 636 g/mol. The van der Waals surface area contributed by atoms with Gasteiger partial charge in [0.15, 0.2) is 4.80 Å². The van der Waals surface area contributed by atoms with E-state index in [2.05, 4.69) is 0 Å². The Balaban J connectivity index is 1.43. The molecule has 0 amide bonds. The van der Waals surface area contributed by atoms with E-state index >= 15 is 0 Å². The highest BCUT2D eigenvalue weighted by atomic mass is 32.1. The molecule has 0 bridgehead atoms. The lowest BCUT2D eigenvalue weighted by Gasteiger charge is -2.27. The van der Waals surface area contributed by atoms with Crippen molar-refractivity contribution >= 4 is 39.8 Å². The summed E-state index contributed by atoms with van der Waals surface area (Å²) in [5, 5.41) is 12.7. The number of hydrogen-bond donors (Lipinski definition) is 0. The quantitative estimate of drug-likeness (QED) is 0.120. The molecule has 0 N–H and O–H groups in total. The van der Waals surface area contributed by atoms with Crippen LogP contribution in [0.4, 0.5) is 5.69 Å². The zero-order valence-corrected chi connectivity index (χ0v) is 26.1. The number of allylic oxidation sites excluding steroid dienone is 1. The van der Waals surface area contributed by atoms with E-state index in [1.165, 1.54) is 23.5 Å². The Bertz CT molecular complexity index is 2200. The number of carbonyl (C=O) groups is 1. The molecule has 1 aromatic heterocycles. The average Bonchev–Trinajstić information content (AvgIpc) is 3.36. The molecule has 46 heavy (non-hydrogen) atoms. The van der Waals surface area contributed by atoms with E-state index in [1.807, 2.05) is 54.6 Å². The van der Waals surface area contributed by atoms with Crippen LogP contribution in [0.25, 0.3) is 16.8 Å². The van der Waals surface area contributed by atoms with Gasteiger partial charge in [-0.2, -0.15) is 0 Å². The van der Waals surface area contributed by atoms with Crippen LogP contribution in [0.3, 0.4) is 0 Å². The first-order chi connectivity index (χ1) is 22.3. The third-order valence-electron chi connectivity index (χ3n) is 7.65. The van der Waals surface area contributed by atoms with Crippen LogP contribution < -0.4 is 24.4 Å². The summed E-state index contributed by atoms with van der Waals surface area (Å²) in [6, 6.07) is 24.2. The van der Waals surface area contributed by atoms with Gasteiger partial charge in [-0.3, -0.25) is 19.5 Å². The number of ether oxygens (including phenoxy) is 3. The number of non-ortho nitro benzene ring substituents is 1. The summed E-state index contributed by atoms with van der Waals surface area (Å²) in [5.41, 5.74) is 2.62. The highest BCUT2D eigenvalue weighted by molar-refractivity contribution is 7.07. The third-order valence-corrected chi connectivity index (χ3v) is 8.63. The fourth-order valence-corrected chi connectivity index (χ4v) is 6.57. The third kappa shape index (κ3) is 5.80. The van der Waals surface area contributed by atoms with Crippen LogP contribution in [0.15, 0.2) is 106 Å². The first kappa shape index (κ1) is 30.5. The van der Waals surface area contributed by atoms with Crippen molar-refractivity contribution in [2.45, 2.75) is 26.5 Å². The van der Waals surface area contributed by atoms with Crippen molar-refractivity contribution in [1.82, 2.24) is 4.57 Å². The molecule has 1 aliphatic rings. The van der Waals surface area contributed by atoms with E-state index in [4.69, 9.17) is 19.2 Å². The maximum atomic E-state index is 14.2. The summed E-state index contributed by atoms with van der Waals surface area (Å²) in [7, 11) is 1.56. The van der Waals surface area contributed by atoms with Gasteiger partial charge in [0.05, 0.1) is 34.4 Å². The SMILES string of the molecule is CCOC(=O)C1=C(C)N=c2s/c(=C/c3cccc(OCc4ccc([N+](=O)[O-])cc4)c3)c(=O)n2[C@@H]1c1c(OC)ccc2ccccc12. The van der Waals surface area contributed by atoms with Gasteiger partial charge in [0.2, 0.25) is 0 Å². The molecule has 0 unspecified atom stereocenters. The number of thiazole rings is 1. The lowest BCUT2D eigenvalue weighted by Crippen LogP contribution is -2.40. The maximum absolute atomic E-state index is 14.2.